The van der Waals surface area contributed by atoms with Gasteiger partial charge >= 0.3 is 0 Å². The van der Waals surface area contributed by atoms with Gasteiger partial charge in [0.05, 0.1) is 4.91 Å². The largest absolute Gasteiger partial charge is 0.294 e. The maximum atomic E-state index is 10.5. The number of allylic oxidation sites excluding steroid dienone is 2. The smallest absolute Gasteiger partial charge is 0.282 e. The van der Waals surface area contributed by atoms with Crippen LogP contribution in [0, 0.1) is 0 Å². The van der Waals surface area contributed by atoms with Crippen LogP contribution < -0.4 is 0 Å². The van der Waals surface area contributed by atoms with Crippen molar-refractivity contribution in [2.45, 2.75) is 0 Å². The topological polar surface area (TPSA) is 54.4 Å². The molecule has 1 aliphatic rings. The van der Waals surface area contributed by atoms with Gasteiger partial charge in [0, 0.05) is 0 Å². The Bertz CT molecular complexity index is 346. The molecule has 62 valence electrons. The van der Waals surface area contributed by atoms with E-state index in [1.165, 1.54) is 12.2 Å². The van der Waals surface area contributed by atoms with Crippen molar-refractivity contribution in [1.29, 1.82) is 0 Å². The summed E-state index contributed by atoms with van der Waals surface area (Å²) in [5.41, 5.74) is 0. The second-order valence-corrected chi connectivity index (χ2v) is 5.27. The molecule has 1 atom stereocenters. The van der Waals surface area contributed by atoms with Crippen LogP contribution in [0.4, 0.5) is 0 Å². The lowest BCUT2D eigenvalue weighted by Gasteiger charge is -2.01. The Hall–Kier alpha value is -0.390. The predicted molar refractivity (Wildman–Crippen MR) is 48.4 cm³/mol. The second-order valence-electron chi connectivity index (χ2n) is 2.09. The first-order valence-electron chi connectivity index (χ1n) is 2.84. The zero-order valence-electron chi connectivity index (χ0n) is 5.89. The highest BCUT2D eigenvalue weighted by molar-refractivity contribution is 8.17. The molecule has 11 heavy (non-hydrogen) atoms. The van der Waals surface area contributed by atoms with E-state index in [2.05, 4.69) is 0 Å². The molecular formula is C6H8O3S2. The molecule has 0 aromatic carbocycles. The highest BCUT2D eigenvalue weighted by Gasteiger charge is 2.10. The molecule has 3 nitrogen and oxygen atoms in total. The third kappa shape index (κ3) is 2.28. The average Bonchev–Trinajstić information content (AvgIpc) is 1.86. The molecule has 1 rings (SSSR count). The van der Waals surface area contributed by atoms with Crippen LogP contribution in [0.25, 0.3) is 0 Å². The molecule has 0 aromatic heterocycles. The van der Waals surface area contributed by atoms with E-state index < -0.39 is 10.1 Å². The molecule has 1 aliphatic heterocycles. The van der Waals surface area contributed by atoms with Crippen LogP contribution >= 0.6 is 10.5 Å². The van der Waals surface area contributed by atoms with Crippen molar-refractivity contribution in [2.75, 3.05) is 6.26 Å². The van der Waals surface area contributed by atoms with Crippen LogP contribution in [0.1, 0.15) is 0 Å². The molecule has 5 heteroatoms. The minimum absolute atomic E-state index is 0.00321. The first-order valence-corrected chi connectivity index (χ1v) is 6.04. The lowest BCUT2D eigenvalue weighted by molar-refractivity contribution is 0.492. The lowest BCUT2D eigenvalue weighted by Crippen LogP contribution is -2.00. The molecular weight excluding hydrogens is 184 g/mol. The first-order chi connectivity index (χ1) is 5.00. The Kier molecular flexibility index (Phi) is 2.31. The van der Waals surface area contributed by atoms with Gasteiger partial charge in [0.2, 0.25) is 0 Å². The molecule has 0 saturated carbocycles. The van der Waals surface area contributed by atoms with Crippen molar-refractivity contribution >= 4 is 26.0 Å². The van der Waals surface area contributed by atoms with Gasteiger partial charge in [-0.2, -0.15) is 18.9 Å². The van der Waals surface area contributed by atoms with E-state index in [4.69, 9.17) is 4.55 Å². The molecule has 1 unspecified atom stereocenters. The lowest BCUT2D eigenvalue weighted by atomic mass is 10.5. The van der Waals surface area contributed by atoms with E-state index in [1.807, 2.05) is 6.26 Å². The standard InChI is InChI=1S/C6H8O3S2/c1-10-4-2-6(3-5-10)11(7,8)9/h2-5H,1H3,(H,7,8,9). The molecule has 0 fully saturated rings. The van der Waals surface area contributed by atoms with Gasteiger partial charge in [0.1, 0.15) is 0 Å². The maximum Gasteiger partial charge on any atom is 0.294 e. The van der Waals surface area contributed by atoms with Gasteiger partial charge < -0.3 is 0 Å². The minimum Gasteiger partial charge on any atom is -0.282 e. The van der Waals surface area contributed by atoms with E-state index in [0.29, 0.717) is 0 Å². The van der Waals surface area contributed by atoms with Crippen LogP contribution in [0.15, 0.2) is 22.5 Å². The van der Waals surface area contributed by atoms with E-state index in [-0.39, 0.29) is 15.4 Å². The fourth-order valence-corrected chi connectivity index (χ4v) is 2.09. The predicted octanol–water partition coefficient (Wildman–Crippen LogP) is 0.986. The Morgan fingerprint density at radius 3 is 2.55 bits per heavy atom. The van der Waals surface area contributed by atoms with Crippen molar-refractivity contribution in [3.8, 4) is 0 Å². The molecule has 0 spiro atoms. The highest BCUT2D eigenvalue weighted by atomic mass is 32.2. The van der Waals surface area contributed by atoms with Crippen molar-refractivity contribution in [2.24, 2.45) is 0 Å². The Labute approximate surface area is 68.1 Å². The average molecular weight is 192 g/mol. The summed E-state index contributed by atoms with van der Waals surface area (Å²) in [4.78, 5) is -0.0388. The normalized spacial score (nSPS) is 24.2. The Morgan fingerprint density at radius 1 is 1.55 bits per heavy atom. The van der Waals surface area contributed by atoms with Gasteiger partial charge in [0.25, 0.3) is 10.1 Å². The van der Waals surface area contributed by atoms with Crippen molar-refractivity contribution in [3.63, 3.8) is 0 Å². The van der Waals surface area contributed by atoms with Crippen LogP contribution in [-0.2, 0) is 10.1 Å². The molecule has 1 heterocycles. The number of hydrogen-bond acceptors (Lipinski definition) is 2. The van der Waals surface area contributed by atoms with Gasteiger partial charge in [-0.05, 0) is 29.2 Å². The first kappa shape index (κ1) is 8.70. The van der Waals surface area contributed by atoms with Gasteiger partial charge in [-0.25, -0.2) is 0 Å². The summed E-state index contributed by atoms with van der Waals surface area (Å²) in [5, 5.41) is 3.48. The molecule has 0 amide bonds. The maximum absolute atomic E-state index is 10.5. The SMILES string of the molecule is CS1=CC=C(S(=O)(=O)O)C=C1. The highest BCUT2D eigenvalue weighted by Crippen LogP contribution is 2.17. The third-order valence-electron chi connectivity index (χ3n) is 1.19. The summed E-state index contributed by atoms with van der Waals surface area (Å²) < 4.78 is 29.6. The number of hydrogen-bond donors (Lipinski definition) is 1. The quantitative estimate of drug-likeness (QED) is 0.498. The minimum atomic E-state index is -4.00. The molecule has 0 aliphatic carbocycles. The van der Waals surface area contributed by atoms with E-state index in [9.17, 15) is 8.42 Å². The van der Waals surface area contributed by atoms with Gasteiger partial charge in [-0.1, -0.05) is 0 Å². The molecule has 0 aromatic rings. The molecule has 1 N–H and O–H groups in total. The van der Waals surface area contributed by atoms with Gasteiger partial charge in [-0.3, -0.25) is 4.55 Å². The zero-order valence-corrected chi connectivity index (χ0v) is 7.52. The van der Waals surface area contributed by atoms with Gasteiger partial charge in [-0.15, -0.1) is 0 Å². The Morgan fingerprint density at radius 2 is 2.18 bits per heavy atom. The fourth-order valence-electron chi connectivity index (χ4n) is 0.622. The zero-order chi connectivity index (χ0) is 8.48. The van der Waals surface area contributed by atoms with Crippen molar-refractivity contribution in [3.05, 3.63) is 22.5 Å². The van der Waals surface area contributed by atoms with Gasteiger partial charge in [0.15, 0.2) is 0 Å². The Balaban J connectivity index is 3.08. The summed E-state index contributed by atoms with van der Waals surface area (Å²) >= 11 is 0. The third-order valence-corrected chi connectivity index (χ3v) is 3.19. The number of rotatable bonds is 1. The van der Waals surface area contributed by atoms with Crippen LogP contribution in [0.2, 0.25) is 0 Å². The monoisotopic (exact) mass is 192 g/mol. The van der Waals surface area contributed by atoms with Crippen LogP contribution in [0.5, 0.6) is 0 Å². The van der Waals surface area contributed by atoms with Crippen LogP contribution in [-0.4, -0.2) is 24.6 Å². The fraction of sp³-hybridized carbons (Fsp3) is 0.167. The van der Waals surface area contributed by atoms with Crippen molar-refractivity contribution < 1.29 is 13.0 Å². The van der Waals surface area contributed by atoms with E-state index >= 15 is 0 Å². The summed E-state index contributed by atoms with van der Waals surface area (Å²) in [6, 6.07) is 0. The second kappa shape index (κ2) is 2.92. The molecule has 0 saturated heterocycles. The van der Waals surface area contributed by atoms with Crippen LogP contribution in [0.3, 0.4) is 0 Å². The summed E-state index contributed by atoms with van der Waals surface area (Å²) in [6.07, 6.45) is 4.78. The summed E-state index contributed by atoms with van der Waals surface area (Å²) in [5.74, 6) is 0. The molecule has 0 radical (unpaired) electrons. The van der Waals surface area contributed by atoms with E-state index in [1.54, 1.807) is 10.8 Å². The summed E-state index contributed by atoms with van der Waals surface area (Å²) in [7, 11) is -4.01. The van der Waals surface area contributed by atoms with E-state index in [0.717, 1.165) is 0 Å². The molecule has 0 bridgehead atoms. The summed E-state index contributed by atoms with van der Waals surface area (Å²) in [6.45, 7) is 0. The van der Waals surface area contributed by atoms with Crippen molar-refractivity contribution in [1.82, 2.24) is 0 Å².